The van der Waals surface area contributed by atoms with Gasteiger partial charge in [-0.2, -0.15) is 10.3 Å². The Labute approximate surface area is 58.6 Å². The second-order valence-electron chi connectivity index (χ2n) is 1.79. The minimum atomic E-state index is 0.411. The summed E-state index contributed by atoms with van der Waals surface area (Å²) in [4.78, 5) is 0. The molecule has 0 amide bonds. The topological polar surface area (TPSA) is 76.8 Å². The Morgan fingerprint density at radius 2 is 2.40 bits per heavy atom. The van der Waals surface area contributed by atoms with E-state index in [0.717, 1.165) is 0 Å². The highest BCUT2D eigenvalue weighted by Gasteiger charge is 2.01. The molecule has 1 heterocycles. The molecule has 3 N–H and O–H groups in total. The number of nitrogen functional groups attached to an aromatic ring is 1. The van der Waals surface area contributed by atoms with Gasteiger partial charge < -0.3 is 10.5 Å². The van der Waals surface area contributed by atoms with Gasteiger partial charge in [-0.25, -0.2) is 0 Å². The van der Waals surface area contributed by atoms with Gasteiger partial charge >= 0.3 is 0 Å². The third-order valence-corrected chi connectivity index (χ3v) is 1.09. The molecule has 1 aromatic heterocycles. The van der Waals surface area contributed by atoms with Gasteiger partial charge in [-0.3, -0.25) is 0 Å². The first-order valence-electron chi connectivity index (χ1n) is 3.07. The first-order valence-corrected chi connectivity index (χ1v) is 3.07. The molecule has 0 saturated carbocycles. The zero-order valence-corrected chi connectivity index (χ0v) is 5.79. The van der Waals surface area contributed by atoms with Crippen LogP contribution in [0.15, 0.2) is 0 Å². The molecular formula is C5H10N4O. The van der Waals surface area contributed by atoms with Crippen LogP contribution in [-0.4, -0.2) is 22.0 Å². The SMILES string of the molecule is CCOCc1n[nH]nc1N. The first kappa shape index (κ1) is 7.01. The number of nitrogens with one attached hydrogen (secondary N) is 1. The van der Waals surface area contributed by atoms with E-state index in [-0.39, 0.29) is 0 Å². The third kappa shape index (κ3) is 1.44. The van der Waals surface area contributed by atoms with Crippen molar-refractivity contribution in [1.29, 1.82) is 0 Å². The van der Waals surface area contributed by atoms with Crippen LogP contribution in [-0.2, 0) is 11.3 Å². The Kier molecular flexibility index (Phi) is 2.22. The minimum absolute atomic E-state index is 0.411. The molecule has 0 unspecified atom stereocenters. The molecule has 0 aliphatic carbocycles. The lowest BCUT2D eigenvalue weighted by atomic mass is 10.5. The summed E-state index contributed by atoms with van der Waals surface area (Å²) in [6.07, 6.45) is 0. The van der Waals surface area contributed by atoms with Crippen molar-refractivity contribution in [2.45, 2.75) is 13.5 Å². The van der Waals surface area contributed by atoms with Gasteiger partial charge in [0.1, 0.15) is 5.69 Å². The Hall–Kier alpha value is -1.10. The van der Waals surface area contributed by atoms with Crippen molar-refractivity contribution >= 4 is 5.82 Å². The Morgan fingerprint density at radius 1 is 1.60 bits per heavy atom. The molecule has 5 nitrogen and oxygen atoms in total. The molecule has 0 fully saturated rings. The summed E-state index contributed by atoms with van der Waals surface area (Å²) in [7, 11) is 0. The number of ether oxygens (including phenoxy) is 1. The summed E-state index contributed by atoms with van der Waals surface area (Å²) in [6, 6.07) is 0. The number of aromatic nitrogens is 3. The Bertz CT molecular complexity index is 197. The number of hydrogen-bond acceptors (Lipinski definition) is 4. The Morgan fingerprint density at radius 3 is 2.90 bits per heavy atom. The molecular weight excluding hydrogens is 132 g/mol. The van der Waals surface area contributed by atoms with Crippen LogP contribution in [0.2, 0.25) is 0 Å². The van der Waals surface area contributed by atoms with Crippen LogP contribution in [0.5, 0.6) is 0 Å². The number of anilines is 1. The summed E-state index contributed by atoms with van der Waals surface area (Å²) in [6.45, 7) is 3.00. The normalized spacial score (nSPS) is 10.1. The summed E-state index contributed by atoms with van der Waals surface area (Å²) in [5.74, 6) is 0.411. The average molecular weight is 142 g/mol. The maximum Gasteiger partial charge on any atom is 0.171 e. The molecule has 0 bridgehead atoms. The maximum atomic E-state index is 5.40. The van der Waals surface area contributed by atoms with E-state index >= 15 is 0 Å². The molecule has 5 heteroatoms. The van der Waals surface area contributed by atoms with Crippen molar-refractivity contribution < 1.29 is 4.74 Å². The summed E-state index contributed by atoms with van der Waals surface area (Å²) >= 11 is 0. The van der Waals surface area contributed by atoms with Gasteiger partial charge in [-0.15, -0.1) is 5.10 Å². The number of hydrogen-bond donors (Lipinski definition) is 2. The largest absolute Gasteiger partial charge is 0.381 e. The molecule has 0 aromatic carbocycles. The number of nitrogens with zero attached hydrogens (tertiary/aromatic N) is 2. The van der Waals surface area contributed by atoms with Crippen molar-refractivity contribution in [3.8, 4) is 0 Å². The molecule has 0 radical (unpaired) electrons. The van der Waals surface area contributed by atoms with Crippen molar-refractivity contribution in [1.82, 2.24) is 15.4 Å². The lowest BCUT2D eigenvalue weighted by Gasteiger charge is -1.95. The van der Waals surface area contributed by atoms with Gasteiger partial charge in [-0.1, -0.05) is 0 Å². The molecule has 0 spiro atoms. The van der Waals surface area contributed by atoms with Crippen LogP contribution >= 0.6 is 0 Å². The van der Waals surface area contributed by atoms with Crippen molar-refractivity contribution in [3.05, 3.63) is 5.69 Å². The van der Waals surface area contributed by atoms with Gasteiger partial charge in [-0.05, 0) is 6.92 Å². The van der Waals surface area contributed by atoms with Crippen LogP contribution < -0.4 is 5.73 Å². The maximum absolute atomic E-state index is 5.40. The number of H-pyrrole nitrogens is 1. The zero-order chi connectivity index (χ0) is 7.40. The van der Waals surface area contributed by atoms with Crippen LogP contribution in [0, 0.1) is 0 Å². The van der Waals surface area contributed by atoms with Crippen LogP contribution in [0.4, 0.5) is 5.82 Å². The molecule has 0 atom stereocenters. The van der Waals surface area contributed by atoms with Gasteiger partial charge in [0.15, 0.2) is 5.82 Å². The highest BCUT2D eigenvalue weighted by atomic mass is 16.5. The predicted octanol–water partition coefficient (Wildman–Crippen LogP) is -0.0766. The Balaban J connectivity index is 2.49. The summed E-state index contributed by atoms with van der Waals surface area (Å²) in [5, 5.41) is 9.80. The van der Waals surface area contributed by atoms with Crippen molar-refractivity contribution in [3.63, 3.8) is 0 Å². The fraction of sp³-hybridized carbons (Fsp3) is 0.600. The van der Waals surface area contributed by atoms with Gasteiger partial charge in [0.05, 0.1) is 6.61 Å². The molecule has 0 aliphatic heterocycles. The van der Waals surface area contributed by atoms with Gasteiger partial charge in [0.25, 0.3) is 0 Å². The van der Waals surface area contributed by atoms with Gasteiger partial charge in [0.2, 0.25) is 0 Å². The smallest absolute Gasteiger partial charge is 0.171 e. The van der Waals surface area contributed by atoms with E-state index in [1.54, 1.807) is 0 Å². The fourth-order valence-electron chi connectivity index (χ4n) is 0.566. The first-order chi connectivity index (χ1) is 4.84. The van der Waals surface area contributed by atoms with Crippen molar-refractivity contribution in [2.24, 2.45) is 0 Å². The second kappa shape index (κ2) is 3.17. The van der Waals surface area contributed by atoms with Crippen LogP contribution in [0.1, 0.15) is 12.6 Å². The predicted molar refractivity (Wildman–Crippen MR) is 36.1 cm³/mol. The van der Waals surface area contributed by atoms with Gasteiger partial charge in [0, 0.05) is 6.61 Å². The molecule has 10 heavy (non-hydrogen) atoms. The third-order valence-electron chi connectivity index (χ3n) is 1.09. The lowest BCUT2D eigenvalue weighted by molar-refractivity contribution is 0.131. The van der Waals surface area contributed by atoms with E-state index in [1.807, 2.05) is 6.92 Å². The molecule has 0 saturated heterocycles. The zero-order valence-electron chi connectivity index (χ0n) is 5.79. The fourth-order valence-corrected chi connectivity index (χ4v) is 0.566. The van der Waals surface area contributed by atoms with E-state index in [4.69, 9.17) is 10.5 Å². The number of aromatic amines is 1. The van der Waals surface area contributed by atoms with E-state index < -0.39 is 0 Å². The van der Waals surface area contributed by atoms with E-state index in [9.17, 15) is 0 Å². The lowest BCUT2D eigenvalue weighted by Crippen LogP contribution is -1.96. The van der Waals surface area contributed by atoms with Crippen molar-refractivity contribution in [2.75, 3.05) is 12.3 Å². The summed E-state index contributed by atoms with van der Waals surface area (Å²) in [5.41, 5.74) is 6.06. The molecule has 0 aliphatic rings. The summed E-state index contributed by atoms with van der Waals surface area (Å²) < 4.78 is 5.06. The standard InChI is InChI=1S/C5H10N4O/c1-2-10-3-4-5(6)8-9-7-4/h2-3H2,1H3,(H3,6,7,8,9). The monoisotopic (exact) mass is 142 g/mol. The molecule has 1 aromatic rings. The second-order valence-corrected chi connectivity index (χ2v) is 1.79. The average Bonchev–Trinajstić information content (AvgIpc) is 2.31. The van der Waals surface area contributed by atoms with E-state index in [1.165, 1.54) is 0 Å². The van der Waals surface area contributed by atoms with Crippen LogP contribution in [0.3, 0.4) is 0 Å². The highest BCUT2D eigenvalue weighted by molar-refractivity contribution is 5.30. The number of rotatable bonds is 3. The van der Waals surface area contributed by atoms with Crippen LogP contribution in [0.25, 0.3) is 0 Å². The number of nitrogens with two attached hydrogens (primary N) is 1. The minimum Gasteiger partial charge on any atom is -0.381 e. The quantitative estimate of drug-likeness (QED) is 0.619. The van der Waals surface area contributed by atoms with E-state index in [2.05, 4.69) is 15.4 Å². The highest BCUT2D eigenvalue weighted by Crippen LogP contribution is 2.02. The molecule has 1 rings (SSSR count). The van der Waals surface area contributed by atoms with E-state index in [0.29, 0.717) is 24.7 Å². The molecule has 56 valence electrons.